The number of amides is 1. The van der Waals surface area contributed by atoms with E-state index in [9.17, 15) is 4.79 Å². The molecule has 0 bridgehead atoms. The van der Waals surface area contributed by atoms with Gasteiger partial charge in [0.15, 0.2) is 0 Å². The van der Waals surface area contributed by atoms with Crippen LogP contribution in [0.5, 0.6) is 5.75 Å². The number of nitrogens with one attached hydrogen (secondary N) is 1. The summed E-state index contributed by atoms with van der Waals surface area (Å²) in [6.45, 7) is 3.17. The average Bonchev–Trinajstić information content (AvgIpc) is 2.63. The fourth-order valence-corrected chi connectivity index (χ4v) is 3.33. The lowest BCUT2D eigenvalue weighted by Crippen LogP contribution is -2.44. The van der Waals surface area contributed by atoms with Crippen molar-refractivity contribution in [3.8, 4) is 5.75 Å². The molecule has 1 heterocycles. The largest absolute Gasteiger partial charge is 0.496 e. The highest BCUT2D eigenvalue weighted by Gasteiger charge is 2.41. The molecule has 1 fully saturated rings. The lowest BCUT2D eigenvalue weighted by molar-refractivity contribution is -0.125. The quantitative estimate of drug-likeness (QED) is 0.932. The average molecular weight is 325 g/mol. The first kappa shape index (κ1) is 16.5. The van der Waals surface area contributed by atoms with E-state index in [-0.39, 0.29) is 5.91 Å². The van der Waals surface area contributed by atoms with E-state index in [1.165, 1.54) is 0 Å². The number of carbonyl (C=O) groups excluding carboxylic acids is 1. The predicted molar refractivity (Wildman–Crippen MR) is 94.5 cm³/mol. The standard InChI is InChI=1S/C20H23NO3/c1-15-14-17(8-9-18(15)23-2)21-19(22)20(10-12-24-13-11-20)16-6-4-3-5-7-16/h3-9,14H,10-13H2,1-2H3,(H,21,22). The third-order valence-corrected chi connectivity index (χ3v) is 4.76. The summed E-state index contributed by atoms with van der Waals surface area (Å²) in [5, 5.41) is 3.09. The van der Waals surface area contributed by atoms with Gasteiger partial charge < -0.3 is 14.8 Å². The molecule has 2 aromatic carbocycles. The number of rotatable bonds is 4. The zero-order valence-electron chi connectivity index (χ0n) is 14.2. The van der Waals surface area contributed by atoms with Crippen molar-refractivity contribution in [1.82, 2.24) is 0 Å². The molecule has 0 spiro atoms. The van der Waals surface area contributed by atoms with Gasteiger partial charge in [-0.15, -0.1) is 0 Å². The minimum absolute atomic E-state index is 0.0292. The molecule has 0 aliphatic carbocycles. The number of ether oxygens (including phenoxy) is 2. The molecular weight excluding hydrogens is 302 g/mol. The van der Waals surface area contributed by atoms with E-state index in [1.54, 1.807) is 7.11 Å². The Bertz CT molecular complexity index is 706. The molecule has 4 heteroatoms. The van der Waals surface area contributed by atoms with Gasteiger partial charge in [-0.3, -0.25) is 4.79 Å². The molecule has 0 radical (unpaired) electrons. The van der Waals surface area contributed by atoms with Crippen molar-refractivity contribution >= 4 is 11.6 Å². The predicted octanol–water partition coefficient (Wildman–Crippen LogP) is 3.69. The second-order valence-electron chi connectivity index (χ2n) is 6.20. The van der Waals surface area contributed by atoms with Gasteiger partial charge in [-0.25, -0.2) is 0 Å². The van der Waals surface area contributed by atoms with Gasteiger partial charge in [0.2, 0.25) is 5.91 Å². The number of carbonyl (C=O) groups is 1. The summed E-state index contributed by atoms with van der Waals surface area (Å²) >= 11 is 0. The molecule has 24 heavy (non-hydrogen) atoms. The van der Waals surface area contributed by atoms with Crippen molar-refractivity contribution in [2.24, 2.45) is 0 Å². The van der Waals surface area contributed by atoms with Gasteiger partial charge in [-0.2, -0.15) is 0 Å². The molecule has 0 unspecified atom stereocenters. The van der Waals surface area contributed by atoms with Gasteiger partial charge in [-0.1, -0.05) is 30.3 Å². The number of aryl methyl sites for hydroxylation is 1. The minimum Gasteiger partial charge on any atom is -0.496 e. The molecule has 2 aromatic rings. The molecule has 4 nitrogen and oxygen atoms in total. The molecule has 1 aliphatic rings. The summed E-state index contributed by atoms with van der Waals surface area (Å²) < 4.78 is 10.8. The van der Waals surface area contributed by atoms with Crippen LogP contribution >= 0.6 is 0 Å². The Hall–Kier alpha value is -2.33. The van der Waals surface area contributed by atoms with E-state index >= 15 is 0 Å². The monoisotopic (exact) mass is 325 g/mol. The van der Waals surface area contributed by atoms with E-state index in [0.717, 1.165) is 22.6 Å². The van der Waals surface area contributed by atoms with E-state index in [4.69, 9.17) is 9.47 Å². The van der Waals surface area contributed by atoms with Gasteiger partial charge in [0.1, 0.15) is 5.75 Å². The van der Waals surface area contributed by atoms with E-state index in [2.05, 4.69) is 5.32 Å². The molecule has 1 saturated heterocycles. The molecule has 0 saturated carbocycles. The smallest absolute Gasteiger partial charge is 0.235 e. The van der Waals surface area contributed by atoms with Crippen molar-refractivity contribution in [2.75, 3.05) is 25.6 Å². The lowest BCUT2D eigenvalue weighted by Gasteiger charge is -2.36. The highest BCUT2D eigenvalue weighted by molar-refractivity contribution is 5.99. The van der Waals surface area contributed by atoms with Crippen LogP contribution in [0.25, 0.3) is 0 Å². The topological polar surface area (TPSA) is 47.6 Å². The van der Waals surface area contributed by atoms with Gasteiger partial charge in [0.25, 0.3) is 0 Å². The maximum atomic E-state index is 13.2. The Balaban J connectivity index is 1.88. The third kappa shape index (κ3) is 3.15. The molecule has 126 valence electrons. The molecule has 3 rings (SSSR count). The van der Waals surface area contributed by atoms with Crippen LogP contribution in [0, 0.1) is 6.92 Å². The van der Waals surface area contributed by atoms with Crippen molar-refractivity contribution in [3.05, 3.63) is 59.7 Å². The van der Waals surface area contributed by atoms with Crippen LogP contribution in [0.4, 0.5) is 5.69 Å². The van der Waals surface area contributed by atoms with Crippen molar-refractivity contribution < 1.29 is 14.3 Å². The Morgan fingerprint density at radius 1 is 1.12 bits per heavy atom. The molecule has 0 atom stereocenters. The maximum Gasteiger partial charge on any atom is 0.235 e. The highest BCUT2D eigenvalue weighted by atomic mass is 16.5. The van der Waals surface area contributed by atoms with Gasteiger partial charge in [0, 0.05) is 18.9 Å². The van der Waals surface area contributed by atoms with Crippen molar-refractivity contribution in [3.63, 3.8) is 0 Å². The second kappa shape index (κ2) is 7.05. The lowest BCUT2D eigenvalue weighted by atomic mass is 9.73. The summed E-state index contributed by atoms with van der Waals surface area (Å²) in [5.41, 5.74) is 2.31. The number of hydrogen-bond acceptors (Lipinski definition) is 3. The molecule has 0 aromatic heterocycles. The van der Waals surface area contributed by atoms with Crippen LogP contribution in [0.3, 0.4) is 0 Å². The van der Waals surface area contributed by atoms with Gasteiger partial charge >= 0.3 is 0 Å². The first-order valence-electron chi connectivity index (χ1n) is 8.25. The normalized spacial score (nSPS) is 16.4. The highest BCUT2D eigenvalue weighted by Crippen LogP contribution is 2.36. The number of anilines is 1. The fraction of sp³-hybridized carbons (Fsp3) is 0.350. The molecule has 1 amide bonds. The van der Waals surface area contributed by atoms with Crippen LogP contribution in [0.15, 0.2) is 48.5 Å². The van der Waals surface area contributed by atoms with Crippen LogP contribution in [0.2, 0.25) is 0 Å². The Morgan fingerprint density at radius 2 is 1.83 bits per heavy atom. The second-order valence-corrected chi connectivity index (χ2v) is 6.20. The van der Waals surface area contributed by atoms with Crippen LogP contribution < -0.4 is 10.1 Å². The molecular formula is C20H23NO3. The summed E-state index contributed by atoms with van der Waals surface area (Å²) in [6, 6.07) is 15.7. The zero-order valence-corrected chi connectivity index (χ0v) is 14.2. The Labute approximate surface area is 142 Å². The summed E-state index contributed by atoms with van der Waals surface area (Å²) in [4.78, 5) is 13.2. The van der Waals surface area contributed by atoms with E-state index < -0.39 is 5.41 Å². The van der Waals surface area contributed by atoms with Crippen molar-refractivity contribution in [2.45, 2.75) is 25.2 Å². The first-order valence-corrected chi connectivity index (χ1v) is 8.25. The maximum absolute atomic E-state index is 13.2. The zero-order chi connectivity index (χ0) is 17.0. The first-order chi connectivity index (χ1) is 11.7. The summed E-state index contributed by atoms with van der Waals surface area (Å²) in [5.74, 6) is 0.846. The number of methoxy groups -OCH3 is 1. The SMILES string of the molecule is COc1ccc(NC(=O)C2(c3ccccc3)CCOCC2)cc1C. The Kier molecular flexibility index (Phi) is 4.86. The van der Waals surface area contributed by atoms with Gasteiger partial charge in [0.05, 0.1) is 12.5 Å². The number of hydrogen-bond donors (Lipinski definition) is 1. The van der Waals surface area contributed by atoms with Crippen LogP contribution in [-0.4, -0.2) is 26.2 Å². The molecule has 1 N–H and O–H groups in total. The minimum atomic E-state index is -0.534. The summed E-state index contributed by atoms with van der Waals surface area (Å²) in [7, 11) is 1.65. The van der Waals surface area contributed by atoms with Crippen LogP contribution in [-0.2, 0) is 14.9 Å². The van der Waals surface area contributed by atoms with Crippen LogP contribution in [0.1, 0.15) is 24.0 Å². The van der Waals surface area contributed by atoms with E-state index in [1.807, 2.05) is 55.5 Å². The summed E-state index contributed by atoms with van der Waals surface area (Å²) in [6.07, 6.45) is 1.38. The van der Waals surface area contributed by atoms with E-state index in [0.29, 0.717) is 26.1 Å². The molecule has 1 aliphatic heterocycles. The fourth-order valence-electron chi connectivity index (χ4n) is 3.33. The Morgan fingerprint density at radius 3 is 2.46 bits per heavy atom. The van der Waals surface area contributed by atoms with Gasteiger partial charge in [-0.05, 0) is 49.1 Å². The third-order valence-electron chi connectivity index (χ3n) is 4.76. The number of benzene rings is 2. The van der Waals surface area contributed by atoms with Crippen molar-refractivity contribution in [1.29, 1.82) is 0 Å².